The molecule has 0 saturated carbocycles. The minimum Gasteiger partial charge on any atom is -0.398 e. The van der Waals surface area contributed by atoms with Crippen molar-refractivity contribution < 1.29 is 18.0 Å². The van der Waals surface area contributed by atoms with Gasteiger partial charge in [0.15, 0.2) is 0 Å². The molecule has 1 rings (SSSR count). The minimum absolute atomic E-state index is 0.223. The summed E-state index contributed by atoms with van der Waals surface area (Å²) in [6, 6.07) is 3.46. The highest BCUT2D eigenvalue weighted by Crippen LogP contribution is 2.33. The third-order valence-corrected chi connectivity index (χ3v) is 1.92. The van der Waals surface area contributed by atoms with Gasteiger partial charge in [-0.1, -0.05) is 18.2 Å². The second-order valence-corrected chi connectivity index (χ2v) is 3.15. The number of hydrogen-bond donors (Lipinski definition) is 1. The standard InChI is InChI=1S/C11H10F3NO/c12-11(13,14)9-5-4-8(7-10(9)15)3-1-2-6-16/h1,3-7H,2,15H2. The van der Waals surface area contributed by atoms with Crippen molar-refractivity contribution in [3.8, 4) is 0 Å². The Morgan fingerprint density at radius 3 is 2.50 bits per heavy atom. The minimum atomic E-state index is -4.44. The molecule has 0 atom stereocenters. The van der Waals surface area contributed by atoms with Crippen LogP contribution < -0.4 is 5.73 Å². The summed E-state index contributed by atoms with van der Waals surface area (Å²) in [5.74, 6) is 0. The van der Waals surface area contributed by atoms with Gasteiger partial charge >= 0.3 is 6.18 Å². The van der Waals surface area contributed by atoms with Gasteiger partial charge in [0.25, 0.3) is 0 Å². The van der Waals surface area contributed by atoms with Gasteiger partial charge in [-0.05, 0) is 17.7 Å². The van der Waals surface area contributed by atoms with Gasteiger partial charge in [-0.15, -0.1) is 0 Å². The number of nitrogen functional groups attached to an aromatic ring is 1. The predicted molar refractivity (Wildman–Crippen MR) is 55.6 cm³/mol. The van der Waals surface area contributed by atoms with E-state index < -0.39 is 11.7 Å². The number of aldehydes is 1. The van der Waals surface area contributed by atoms with Crippen LogP contribution in [-0.4, -0.2) is 6.29 Å². The van der Waals surface area contributed by atoms with Gasteiger partial charge in [0.1, 0.15) is 6.29 Å². The van der Waals surface area contributed by atoms with Crippen molar-refractivity contribution in [2.45, 2.75) is 12.6 Å². The molecule has 0 bridgehead atoms. The second kappa shape index (κ2) is 4.83. The largest absolute Gasteiger partial charge is 0.418 e. The van der Waals surface area contributed by atoms with Gasteiger partial charge in [0.05, 0.1) is 5.56 Å². The summed E-state index contributed by atoms with van der Waals surface area (Å²) in [5, 5.41) is 0. The Kier molecular flexibility index (Phi) is 3.71. The van der Waals surface area contributed by atoms with Crippen LogP contribution in [0.3, 0.4) is 0 Å². The van der Waals surface area contributed by atoms with Crippen molar-refractivity contribution >= 4 is 18.0 Å². The summed E-state index contributed by atoms with van der Waals surface area (Å²) < 4.78 is 37.0. The van der Waals surface area contributed by atoms with E-state index in [0.717, 1.165) is 6.07 Å². The summed E-state index contributed by atoms with van der Waals surface area (Å²) in [4.78, 5) is 10.0. The first kappa shape index (κ1) is 12.3. The molecule has 0 amide bonds. The first-order valence-corrected chi connectivity index (χ1v) is 4.52. The topological polar surface area (TPSA) is 43.1 Å². The number of hydrogen-bond acceptors (Lipinski definition) is 2. The lowest BCUT2D eigenvalue weighted by Gasteiger charge is -2.09. The van der Waals surface area contributed by atoms with Gasteiger partial charge < -0.3 is 10.5 Å². The van der Waals surface area contributed by atoms with Crippen LogP contribution in [0.15, 0.2) is 24.3 Å². The maximum atomic E-state index is 12.3. The number of nitrogens with two attached hydrogens (primary N) is 1. The molecule has 1 aromatic rings. The lowest BCUT2D eigenvalue weighted by molar-refractivity contribution is -0.136. The Labute approximate surface area is 90.6 Å². The number of rotatable bonds is 3. The van der Waals surface area contributed by atoms with Crippen molar-refractivity contribution in [1.82, 2.24) is 0 Å². The molecule has 0 aliphatic carbocycles. The van der Waals surface area contributed by atoms with E-state index in [1.54, 1.807) is 12.2 Å². The number of anilines is 1. The molecule has 0 fully saturated rings. The highest BCUT2D eigenvalue weighted by Gasteiger charge is 2.32. The van der Waals surface area contributed by atoms with Crippen LogP contribution in [0, 0.1) is 0 Å². The second-order valence-electron chi connectivity index (χ2n) is 3.15. The smallest absolute Gasteiger partial charge is 0.398 e. The first-order valence-electron chi connectivity index (χ1n) is 4.52. The summed E-state index contributed by atoms with van der Waals surface area (Å²) in [7, 11) is 0. The molecule has 86 valence electrons. The molecule has 0 saturated heterocycles. The molecule has 0 radical (unpaired) electrons. The number of carbonyl (C=O) groups is 1. The van der Waals surface area contributed by atoms with Crippen LogP contribution in [0.5, 0.6) is 0 Å². The van der Waals surface area contributed by atoms with Crippen LogP contribution >= 0.6 is 0 Å². The molecule has 5 heteroatoms. The van der Waals surface area contributed by atoms with E-state index in [9.17, 15) is 18.0 Å². The lowest BCUT2D eigenvalue weighted by atomic mass is 10.1. The molecule has 2 N–H and O–H groups in total. The Morgan fingerprint density at radius 2 is 2.00 bits per heavy atom. The van der Waals surface area contributed by atoms with Gasteiger partial charge in [0.2, 0.25) is 0 Å². The zero-order valence-corrected chi connectivity index (χ0v) is 8.29. The number of alkyl halides is 3. The van der Waals surface area contributed by atoms with Gasteiger partial charge in [-0.25, -0.2) is 0 Å². The molecule has 0 spiro atoms. The van der Waals surface area contributed by atoms with E-state index in [1.165, 1.54) is 12.1 Å². The zero-order chi connectivity index (χ0) is 12.2. The van der Waals surface area contributed by atoms with E-state index in [2.05, 4.69) is 0 Å². The molecule has 0 unspecified atom stereocenters. The third kappa shape index (κ3) is 3.12. The summed E-state index contributed by atoms with van der Waals surface area (Å²) in [6.45, 7) is 0. The monoisotopic (exact) mass is 229 g/mol. The number of allylic oxidation sites excluding steroid dienone is 1. The fourth-order valence-corrected chi connectivity index (χ4v) is 1.20. The SMILES string of the molecule is Nc1cc(C=CCC=O)ccc1C(F)(F)F. The van der Waals surface area contributed by atoms with Crippen molar-refractivity contribution in [2.24, 2.45) is 0 Å². The van der Waals surface area contributed by atoms with Crippen LogP contribution in [0.2, 0.25) is 0 Å². The molecule has 0 heterocycles. The van der Waals surface area contributed by atoms with E-state index >= 15 is 0 Å². The summed E-state index contributed by atoms with van der Waals surface area (Å²) in [5.41, 5.74) is 4.66. The Morgan fingerprint density at radius 1 is 1.31 bits per heavy atom. The zero-order valence-electron chi connectivity index (χ0n) is 8.29. The van der Waals surface area contributed by atoms with Gasteiger partial charge in [-0.3, -0.25) is 0 Å². The van der Waals surface area contributed by atoms with Gasteiger partial charge in [-0.2, -0.15) is 13.2 Å². The summed E-state index contributed by atoms with van der Waals surface area (Å²) in [6.07, 6.45) is -0.417. The fourth-order valence-electron chi connectivity index (χ4n) is 1.20. The van der Waals surface area contributed by atoms with Crippen LogP contribution in [0.25, 0.3) is 6.08 Å². The summed E-state index contributed by atoms with van der Waals surface area (Å²) >= 11 is 0. The average Bonchev–Trinajstić information content (AvgIpc) is 2.16. The molecular weight excluding hydrogens is 219 g/mol. The van der Waals surface area contributed by atoms with Crippen LogP contribution in [-0.2, 0) is 11.0 Å². The van der Waals surface area contributed by atoms with E-state index in [-0.39, 0.29) is 12.1 Å². The Hall–Kier alpha value is -1.78. The first-order chi connectivity index (χ1) is 7.45. The quantitative estimate of drug-likeness (QED) is 0.639. The number of halogens is 3. The molecule has 1 aromatic carbocycles. The van der Waals surface area contributed by atoms with Crippen LogP contribution in [0.1, 0.15) is 17.5 Å². The molecule has 0 aliphatic heterocycles. The maximum Gasteiger partial charge on any atom is 0.418 e. The molecule has 0 aliphatic rings. The lowest BCUT2D eigenvalue weighted by Crippen LogP contribution is -2.08. The van der Waals surface area contributed by atoms with Crippen molar-refractivity contribution in [2.75, 3.05) is 5.73 Å². The van der Waals surface area contributed by atoms with Crippen molar-refractivity contribution in [3.05, 3.63) is 35.4 Å². The molecular formula is C11H10F3NO. The fraction of sp³-hybridized carbons (Fsp3) is 0.182. The van der Waals surface area contributed by atoms with Crippen LogP contribution in [0.4, 0.5) is 18.9 Å². The van der Waals surface area contributed by atoms with Crippen molar-refractivity contribution in [3.63, 3.8) is 0 Å². The Bertz CT molecular complexity index is 410. The van der Waals surface area contributed by atoms with E-state index in [0.29, 0.717) is 11.8 Å². The Balaban J connectivity index is 2.95. The highest BCUT2D eigenvalue weighted by atomic mass is 19.4. The average molecular weight is 229 g/mol. The molecule has 2 nitrogen and oxygen atoms in total. The molecule has 16 heavy (non-hydrogen) atoms. The number of carbonyl (C=O) groups excluding carboxylic acids is 1. The maximum absolute atomic E-state index is 12.3. The predicted octanol–water partition coefficient (Wildman–Crippen LogP) is 2.89. The van der Waals surface area contributed by atoms with E-state index in [1.807, 2.05) is 0 Å². The van der Waals surface area contributed by atoms with Crippen molar-refractivity contribution in [1.29, 1.82) is 0 Å². The number of benzene rings is 1. The molecule has 0 aromatic heterocycles. The van der Waals surface area contributed by atoms with Gasteiger partial charge in [0, 0.05) is 12.1 Å². The van der Waals surface area contributed by atoms with E-state index in [4.69, 9.17) is 5.73 Å². The normalized spacial score (nSPS) is 11.9. The highest BCUT2D eigenvalue weighted by molar-refractivity contribution is 5.62. The third-order valence-electron chi connectivity index (χ3n) is 1.92.